The van der Waals surface area contributed by atoms with Gasteiger partial charge in [0, 0.05) is 19.3 Å². The highest BCUT2D eigenvalue weighted by molar-refractivity contribution is 5.34. The molecule has 0 saturated carbocycles. The van der Waals surface area contributed by atoms with Crippen molar-refractivity contribution in [3.05, 3.63) is 35.4 Å². The molecule has 0 radical (unpaired) electrons. The highest BCUT2D eigenvalue weighted by Gasteiger charge is 2.22. The first-order chi connectivity index (χ1) is 8.43. The molecule has 1 heterocycles. The summed E-state index contributed by atoms with van der Waals surface area (Å²) >= 11 is 0. The zero-order valence-electron chi connectivity index (χ0n) is 10.3. The SMILES string of the molecule is c1ccc2c(c1)CCC2NCC1CCOCC1. The van der Waals surface area contributed by atoms with Crippen molar-refractivity contribution in [3.8, 4) is 0 Å². The molecular weight excluding hydrogens is 210 g/mol. The van der Waals surface area contributed by atoms with Crippen LogP contribution in [0, 0.1) is 5.92 Å². The van der Waals surface area contributed by atoms with E-state index in [9.17, 15) is 0 Å². The van der Waals surface area contributed by atoms with E-state index in [0.717, 1.165) is 25.7 Å². The molecule has 2 aliphatic rings. The maximum absolute atomic E-state index is 5.40. The van der Waals surface area contributed by atoms with Gasteiger partial charge in [0.1, 0.15) is 0 Å². The quantitative estimate of drug-likeness (QED) is 0.863. The van der Waals surface area contributed by atoms with Gasteiger partial charge in [-0.05, 0) is 49.3 Å². The Morgan fingerprint density at radius 3 is 2.82 bits per heavy atom. The normalized spacial score (nSPS) is 24.8. The summed E-state index contributed by atoms with van der Waals surface area (Å²) in [7, 11) is 0. The lowest BCUT2D eigenvalue weighted by Gasteiger charge is -2.24. The van der Waals surface area contributed by atoms with Crippen LogP contribution in [0.1, 0.15) is 36.4 Å². The van der Waals surface area contributed by atoms with Crippen LogP contribution in [0.4, 0.5) is 0 Å². The van der Waals surface area contributed by atoms with Gasteiger partial charge in [0.15, 0.2) is 0 Å². The fraction of sp³-hybridized carbons (Fsp3) is 0.600. The Balaban J connectivity index is 1.56. The third-order valence-corrected chi connectivity index (χ3v) is 4.13. The lowest BCUT2D eigenvalue weighted by atomic mass is 9.99. The zero-order chi connectivity index (χ0) is 11.5. The van der Waals surface area contributed by atoms with E-state index in [1.54, 1.807) is 0 Å². The lowest BCUT2D eigenvalue weighted by molar-refractivity contribution is 0.0654. The minimum absolute atomic E-state index is 0.592. The maximum atomic E-state index is 5.40. The van der Waals surface area contributed by atoms with Crippen molar-refractivity contribution in [3.63, 3.8) is 0 Å². The largest absolute Gasteiger partial charge is 0.381 e. The Morgan fingerprint density at radius 2 is 1.94 bits per heavy atom. The minimum Gasteiger partial charge on any atom is -0.381 e. The number of nitrogens with one attached hydrogen (secondary N) is 1. The second kappa shape index (κ2) is 5.19. The molecule has 1 aliphatic carbocycles. The number of benzene rings is 1. The topological polar surface area (TPSA) is 21.3 Å². The Morgan fingerprint density at radius 1 is 1.12 bits per heavy atom. The van der Waals surface area contributed by atoms with Crippen LogP contribution in [0.15, 0.2) is 24.3 Å². The molecule has 2 nitrogen and oxygen atoms in total. The summed E-state index contributed by atoms with van der Waals surface area (Å²) in [4.78, 5) is 0. The first-order valence-corrected chi connectivity index (χ1v) is 6.82. The van der Waals surface area contributed by atoms with Crippen LogP contribution < -0.4 is 5.32 Å². The Kier molecular flexibility index (Phi) is 3.44. The number of rotatable bonds is 3. The maximum Gasteiger partial charge on any atom is 0.0469 e. The second-order valence-corrected chi connectivity index (χ2v) is 5.25. The van der Waals surface area contributed by atoms with Crippen molar-refractivity contribution in [1.82, 2.24) is 5.32 Å². The molecule has 1 aromatic rings. The van der Waals surface area contributed by atoms with Gasteiger partial charge in [-0.25, -0.2) is 0 Å². The number of hydrogen-bond donors (Lipinski definition) is 1. The third-order valence-electron chi connectivity index (χ3n) is 4.13. The fourth-order valence-corrected chi connectivity index (χ4v) is 3.03. The molecule has 1 unspecified atom stereocenters. The third kappa shape index (κ3) is 2.53. The van der Waals surface area contributed by atoms with Crippen LogP contribution in [-0.4, -0.2) is 19.8 Å². The van der Waals surface area contributed by atoms with Crippen LogP contribution in [-0.2, 0) is 11.2 Å². The predicted octanol–water partition coefficient (Wildman–Crippen LogP) is 2.69. The van der Waals surface area contributed by atoms with Gasteiger partial charge in [-0.2, -0.15) is 0 Å². The van der Waals surface area contributed by atoms with Crippen molar-refractivity contribution in [1.29, 1.82) is 0 Å². The molecule has 1 N–H and O–H groups in total. The second-order valence-electron chi connectivity index (χ2n) is 5.25. The summed E-state index contributed by atoms with van der Waals surface area (Å²) in [6, 6.07) is 9.46. The van der Waals surface area contributed by atoms with Gasteiger partial charge in [0.2, 0.25) is 0 Å². The number of ether oxygens (including phenoxy) is 1. The van der Waals surface area contributed by atoms with Crippen molar-refractivity contribution in [2.24, 2.45) is 5.92 Å². The van der Waals surface area contributed by atoms with Crippen molar-refractivity contribution < 1.29 is 4.74 Å². The van der Waals surface area contributed by atoms with Crippen LogP contribution in [0.3, 0.4) is 0 Å². The molecule has 1 saturated heterocycles. The Hall–Kier alpha value is -0.860. The van der Waals surface area contributed by atoms with E-state index in [1.807, 2.05) is 0 Å². The molecule has 17 heavy (non-hydrogen) atoms. The number of fused-ring (bicyclic) bond motifs is 1. The highest BCUT2D eigenvalue weighted by Crippen LogP contribution is 2.31. The van der Waals surface area contributed by atoms with E-state index in [-0.39, 0.29) is 0 Å². The molecule has 1 atom stereocenters. The van der Waals surface area contributed by atoms with Gasteiger partial charge < -0.3 is 10.1 Å². The molecule has 92 valence electrons. The zero-order valence-corrected chi connectivity index (χ0v) is 10.3. The van der Waals surface area contributed by atoms with E-state index in [1.165, 1.54) is 36.8 Å². The fourth-order valence-electron chi connectivity index (χ4n) is 3.03. The Labute approximate surface area is 103 Å². The number of hydrogen-bond acceptors (Lipinski definition) is 2. The molecule has 1 aromatic carbocycles. The van der Waals surface area contributed by atoms with E-state index in [0.29, 0.717) is 6.04 Å². The highest BCUT2D eigenvalue weighted by atomic mass is 16.5. The molecule has 2 heteroatoms. The molecular formula is C15H21NO. The smallest absolute Gasteiger partial charge is 0.0469 e. The first kappa shape index (κ1) is 11.2. The van der Waals surface area contributed by atoms with Crippen LogP contribution >= 0.6 is 0 Å². The summed E-state index contributed by atoms with van der Waals surface area (Å²) in [6.07, 6.45) is 4.95. The predicted molar refractivity (Wildman–Crippen MR) is 69.0 cm³/mol. The minimum atomic E-state index is 0.592. The average molecular weight is 231 g/mol. The standard InChI is InChI=1S/C15H21NO/c1-2-4-14-13(3-1)5-6-15(14)16-11-12-7-9-17-10-8-12/h1-4,12,15-16H,5-11H2. The summed E-state index contributed by atoms with van der Waals surface area (Å²) in [5, 5.41) is 3.75. The van der Waals surface area contributed by atoms with Gasteiger partial charge in [0.25, 0.3) is 0 Å². The molecule has 0 amide bonds. The van der Waals surface area contributed by atoms with E-state index < -0.39 is 0 Å². The summed E-state index contributed by atoms with van der Waals surface area (Å²) in [6.45, 7) is 3.06. The average Bonchev–Trinajstić information content (AvgIpc) is 2.81. The Bertz CT molecular complexity index is 371. The van der Waals surface area contributed by atoms with Crippen LogP contribution in [0.2, 0.25) is 0 Å². The molecule has 3 rings (SSSR count). The summed E-state index contributed by atoms with van der Waals surface area (Å²) in [5.41, 5.74) is 3.07. The first-order valence-electron chi connectivity index (χ1n) is 6.82. The van der Waals surface area contributed by atoms with E-state index in [4.69, 9.17) is 4.74 Å². The van der Waals surface area contributed by atoms with Gasteiger partial charge >= 0.3 is 0 Å². The van der Waals surface area contributed by atoms with Crippen LogP contribution in [0.25, 0.3) is 0 Å². The van der Waals surface area contributed by atoms with Crippen molar-refractivity contribution in [2.45, 2.75) is 31.7 Å². The molecule has 0 spiro atoms. The van der Waals surface area contributed by atoms with Gasteiger partial charge in [-0.1, -0.05) is 24.3 Å². The molecule has 0 bridgehead atoms. The molecule has 1 fully saturated rings. The van der Waals surface area contributed by atoms with Crippen molar-refractivity contribution >= 4 is 0 Å². The lowest BCUT2D eigenvalue weighted by Crippen LogP contribution is -2.29. The van der Waals surface area contributed by atoms with Crippen molar-refractivity contribution in [2.75, 3.05) is 19.8 Å². The van der Waals surface area contributed by atoms with Gasteiger partial charge in [-0.3, -0.25) is 0 Å². The van der Waals surface area contributed by atoms with E-state index >= 15 is 0 Å². The van der Waals surface area contributed by atoms with Gasteiger partial charge in [0.05, 0.1) is 0 Å². The monoisotopic (exact) mass is 231 g/mol. The molecule has 0 aromatic heterocycles. The summed E-state index contributed by atoms with van der Waals surface area (Å²) in [5.74, 6) is 0.816. The van der Waals surface area contributed by atoms with E-state index in [2.05, 4.69) is 29.6 Å². The molecule has 1 aliphatic heterocycles. The van der Waals surface area contributed by atoms with Gasteiger partial charge in [-0.15, -0.1) is 0 Å². The summed E-state index contributed by atoms with van der Waals surface area (Å²) < 4.78 is 5.40. The van der Waals surface area contributed by atoms with Crippen LogP contribution in [0.5, 0.6) is 0 Å². The number of aryl methyl sites for hydroxylation is 1.